The maximum Gasteiger partial charge on any atom is 0.344 e. The standard InChI is InChI=1S/C23H26N2O4/c1-5-21(23(26)27)29-22-14-20(17-8-12-19(28-4)13-9-17)25(24-22)18-10-6-16(7-11-18)15(2)3/h6-15,21H,5H2,1-4H3,(H,26,27). The number of aliphatic carboxylic acids is 1. The van der Waals surface area contributed by atoms with Gasteiger partial charge in [0.05, 0.1) is 18.5 Å². The molecule has 1 heterocycles. The molecule has 1 atom stereocenters. The molecule has 2 aromatic carbocycles. The van der Waals surface area contributed by atoms with Gasteiger partial charge in [-0.1, -0.05) is 32.9 Å². The minimum atomic E-state index is -1.01. The zero-order valence-corrected chi connectivity index (χ0v) is 17.1. The Bertz CT molecular complexity index is 960. The van der Waals surface area contributed by atoms with Gasteiger partial charge in [0, 0.05) is 11.6 Å². The second kappa shape index (κ2) is 8.82. The van der Waals surface area contributed by atoms with Crippen LogP contribution in [0.5, 0.6) is 11.6 Å². The van der Waals surface area contributed by atoms with Crippen molar-refractivity contribution in [2.75, 3.05) is 7.11 Å². The average molecular weight is 394 g/mol. The first kappa shape index (κ1) is 20.5. The molecule has 0 aliphatic rings. The van der Waals surface area contributed by atoms with Crippen LogP contribution < -0.4 is 9.47 Å². The minimum absolute atomic E-state index is 0.276. The van der Waals surface area contributed by atoms with Crippen molar-refractivity contribution >= 4 is 5.97 Å². The predicted octanol–water partition coefficient (Wildman–Crippen LogP) is 4.91. The number of nitrogens with zero attached hydrogens (tertiary/aromatic N) is 2. The molecule has 3 aromatic rings. The monoisotopic (exact) mass is 394 g/mol. The molecular weight excluding hydrogens is 368 g/mol. The third-order valence-corrected chi connectivity index (χ3v) is 4.79. The summed E-state index contributed by atoms with van der Waals surface area (Å²) in [7, 11) is 1.62. The van der Waals surface area contributed by atoms with E-state index in [4.69, 9.17) is 9.47 Å². The summed E-state index contributed by atoms with van der Waals surface area (Å²) in [6.45, 7) is 6.06. The number of rotatable bonds is 8. The van der Waals surface area contributed by atoms with Crippen molar-refractivity contribution in [3.63, 3.8) is 0 Å². The van der Waals surface area contributed by atoms with E-state index in [-0.39, 0.29) is 5.88 Å². The summed E-state index contributed by atoms with van der Waals surface area (Å²) in [6.07, 6.45) is -0.589. The number of carboxylic acids is 1. The number of benzene rings is 2. The van der Waals surface area contributed by atoms with Crippen LogP contribution in [0.15, 0.2) is 54.6 Å². The van der Waals surface area contributed by atoms with Gasteiger partial charge in [0.15, 0.2) is 6.10 Å². The van der Waals surface area contributed by atoms with E-state index in [1.54, 1.807) is 24.8 Å². The Labute approximate surface area is 170 Å². The molecule has 0 spiro atoms. The third kappa shape index (κ3) is 4.59. The van der Waals surface area contributed by atoms with Gasteiger partial charge in [0.2, 0.25) is 5.88 Å². The van der Waals surface area contributed by atoms with Crippen molar-refractivity contribution in [3.8, 4) is 28.6 Å². The normalized spacial score (nSPS) is 12.0. The lowest BCUT2D eigenvalue weighted by Gasteiger charge is -2.11. The second-order valence-corrected chi connectivity index (χ2v) is 7.11. The van der Waals surface area contributed by atoms with Crippen molar-refractivity contribution in [2.45, 2.75) is 39.2 Å². The molecule has 1 aromatic heterocycles. The number of methoxy groups -OCH3 is 1. The number of aromatic nitrogens is 2. The quantitative estimate of drug-likeness (QED) is 0.587. The number of carboxylic acid groups (broad SMARTS) is 1. The van der Waals surface area contributed by atoms with Crippen LogP contribution in [0.2, 0.25) is 0 Å². The minimum Gasteiger partial charge on any atom is -0.497 e. The van der Waals surface area contributed by atoms with E-state index in [9.17, 15) is 9.90 Å². The van der Waals surface area contributed by atoms with Crippen LogP contribution >= 0.6 is 0 Å². The van der Waals surface area contributed by atoms with Gasteiger partial charge in [-0.3, -0.25) is 0 Å². The van der Waals surface area contributed by atoms with E-state index in [2.05, 4.69) is 31.1 Å². The topological polar surface area (TPSA) is 73.6 Å². The fourth-order valence-electron chi connectivity index (χ4n) is 3.04. The molecule has 6 heteroatoms. The van der Waals surface area contributed by atoms with E-state index >= 15 is 0 Å². The van der Waals surface area contributed by atoms with Gasteiger partial charge in [0.1, 0.15) is 5.75 Å². The maximum atomic E-state index is 11.4. The number of hydrogen-bond acceptors (Lipinski definition) is 4. The van der Waals surface area contributed by atoms with Crippen LogP contribution in [0.25, 0.3) is 16.9 Å². The van der Waals surface area contributed by atoms with Crippen LogP contribution in [0.4, 0.5) is 0 Å². The molecule has 152 valence electrons. The number of carbonyl (C=O) groups is 1. The lowest BCUT2D eigenvalue weighted by molar-refractivity contribution is -0.145. The summed E-state index contributed by atoms with van der Waals surface area (Å²) in [5, 5.41) is 13.9. The van der Waals surface area contributed by atoms with Gasteiger partial charge < -0.3 is 14.6 Å². The fourth-order valence-corrected chi connectivity index (χ4v) is 3.04. The van der Waals surface area contributed by atoms with Crippen molar-refractivity contribution in [1.29, 1.82) is 0 Å². The SMILES string of the molecule is CCC(Oc1cc(-c2ccc(OC)cc2)n(-c2ccc(C(C)C)cc2)n1)C(=O)O. The zero-order chi connectivity index (χ0) is 21.0. The highest BCUT2D eigenvalue weighted by atomic mass is 16.5. The molecule has 0 radical (unpaired) electrons. The summed E-state index contributed by atoms with van der Waals surface area (Å²) >= 11 is 0. The molecule has 29 heavy (non-hydrogen) atoms. The Morgan fingerprint density at radius 1 is 1.10 bits per heavy atom. The molecule has 0 amide bonds. The lowest BCUT2D eigenvalue weighted by Crippen LogP contribution is -2.26. The Morgan fingerprint density at radius 2 is 1.76 bits per heavy atom. The molecule has 0 bridgehead atoms. The van der Waals surface area contributed by atoms with Crippen molar-refractivity contribution in [1.82, 2.24) is 9.78 Å². The Kier molecular flexibility index (Phi) is 6.22. The molecule has 3 rings (SSSR count). The molecular formula is C23H26N2O4. The predicted molar refractivity (Wildman–Crippen MR) is 112 cm³/mol. The fraction of sp³-hybridized carbons (Fsp3) is 0.304. The molecule has 6 nitrogen and oxygen atoms in total. The third-order valence-electron chi connectivity index (χ3n) is 4.79. The highest BCUT2D eigenvalue weighted by molar-refractivity contribution is 5.72. The summed E-state index contributed by atoms with van der Waals surface area (Å²) < 4.78 is 12.7. The molecule has 0 saturated carbocycles. The summed E-state index contributed by atoms with van der Waals surface area (Å²) in [6, 6.07) is 17.6. The molecule has 1 unspecified atom stereocenters. The van der Waals surface area contributed by atoms with Crippen LogP contribution in [-0.4, -0.2) is 34.1 Å². The smallest absolute Gasteiger partial charge is 0.344 e. The number of ether oxygens (including phenoxy) is 2. The highest BCUT2D eigenvalue weighted by Gasteiger charge is 2.20. The van der Waals surface area contributed by atoms with E-state index in [1.807, 2.05) is 36.4 Å². The first-order valence-corrected chi connectivity index (χ1v) is 9.67. The van der Waals surface area contributed by atoms with E-state index < -0.39 is 12.1 Å². The molecule has 0 saturated heterocycles. The Balaban J connectivity index is 2.04. The molecule has 1 N–H and O–H groups in total. The Hall–Kier alpha value is -3.28. The van der Waals surface area contributed by atoms with Crippen LogP contribution in [0, 0.1) is 0 Å². The Morgan fingerprint density at radius 3 is 2.28 bits per heavy atom. The summed E-state index contributed by atoms with van der Waals surface area (Å²) in [4.78, 5) is 11.4. The molecule has 0 aliphatic carbocycles. The van der Waals surface area contributed by atoms with Gasteiger partial charge >= 0.3 is 5.97 Å². The molecule has 0 fully saturated rings. The number of hydrogen-bond donors (Lipinski definition) is 1. The summed E-state index contributed by atoms with van der Waals surface area (Å²) in [5.74, 6) is 0.462. The van der Waals surface area contributed by atoms with Crippen molar-refractivity contribution in [3.05, 3.63) is 60.2 Å². The average Bonchev–Trinajstić information content (AvgIpc) is 3.15. The van der Waals surface area contributed by atoms with Crippen molar-refractivity contribution < 1.29 is 19.4 Å². The highest BCUT2D eigenvalue weighted by Crippen LogP contribution is 2.29. The van der Waals surface area contributed by atoms with Crippen LogP contribution in [-0.2, 0) is 4.79 Å². The first-order chi connectivity index (χ1) is 13.9. The van der Waals surface area contributed by atoms with Gasteiger partial charge in [-0.05, 0) is 54.3 Å². The van der Waals surface area contributed by atoms with Crippen LogP contribution in [0.3, 0.4) is 0 Å². The largest absolute Gasteiger partial charge is 0.497 e. The van der Waals surface area contributed by atoms with Gasteiger partial charge in [-0.25, -0.2) is 9.48 Å². The van der Waals surface area contributed by atoms with Crippen LogP contribution in [0.1, 0.15) is 38.7 Å². The first-order valence-electron chi connectivity index (χ1n) is 9.67. The van der Waals surface area contributed by atoms with E-state index in [0.717, 1.165) is 22.7 Å². The lowest BCUT2D eigenvalue weighted by atomic mass is 10.0. The molecule has 0 aliphatic heterocycles. The van der Waals surface area contributed by atoms with Gasteiger partial charge in [-0.15, -0.1) is 5.10 Å². The summed E-state index contributed by atoms with van der Waals surface area (Å²) in [5.41, 5.74) is 3.84. The zero-order valence-electron chi connectivity index (χ0n) is 17.1. The van der Waals surface area contributed by atoms with E-state index in [1.165, 1.54) is 5.56 Å². The van der Waals surface area contributed by atoms with Gasteiger partial charge in [-0.2, -0.15) is 0 Å². The van der Waals surface area contributed by atoms with E-state index in [0.29, 0.717) is 12.3 Å². The van der Waals surface area contributed by atoms with Crippen molar-refractivity contribution in [2.24, 2.45) is 0 Å². The second-order valence-electron chi connectivity index (χ2n) is 7.11. The maximum absolute atomic E-state index is 11.4. The van der Waals surface area contributed by atoms with Gasteiger partial charge in [0.25, 0.3) is 0 Å².